The summed E-state index contributed by atoms with van der Waals surface area (Å²) in [7, 11) is -0.327. The van der Waals surface area contributed by atoms with Crippen molar-refractivity contribution < 1.29 is 18.7 Å². The molecule has 0 heterocycles. The minimum absolute atomic E-state index is 0.192. The summed E-state index contributed by atoms with van der Waals surface area (Å²) in [5.41, 5.74) is 0.585. The second-order valence-electron chi connectivity index (χ2n) is 4.15. The van der Waals surface area contributed by atoms with E-state index in [1.807, 2.05) is 0 Å². The van der Waals surface area contributed by atoms with Gasteiger partial charge in [0.2, 0.25) is 0 Å². The zero-order valence-corrected chi connectivity index (χ0v) is 12.0. The van der Waals surface area contributed by atoms with Gasteiger partial charge in [-0.05, 0) is 24.1 Å². The molecule has 1 atom stereocenters. The maximum Gasteiger partial charge on any atom is 0.337 e. The molecule has 102 valence electrons. The quantitative estimate of drug-likeness (QED) is 0.759. The van der Waals surface area contributed by atoms with Gasteiger partial charge >= 0.3 is 7.60 Å². The molecule has 0 saturated carbocycles. The first kappa shape index (κ1) is 15.2. The van der Waals surface area contributed by atoms with E-state index in [4.69, 9.17) is 9.05 Å². The molecule has 0 radical (unpaired) electrons. The first-order valence-electron chi connectivity index (χ1n) is 6.07. The second kappa shape index (κ2) is 6.93. The molecule has 0 aliphatic heterocycles. The standard InChI is InChI=1S/C13H21O4P/c1-4-5-6-13(18(15,16-2)17-3)11-7-9-12(14)10-8-11/h7-10,13-14H,4-6H2,1-3H3. The lowest BCUT2D eigenvalue weighted by Crippen LogP contribution is -2.04. The Labute approximate surface area is 108 Å². The average Bonchev–Trinajstić information content (AvgIpc) is 2.40. The number of unbranched alkanes of at least 4 members (excludes halogenated alkanes) is 1. The predicted octanol–water partition coefficient (Wildman–Crippen LogP) is 4.11. The molecule has 1 aromatic rings. The summed E-state index contributed by atoms with van der Waals surface area (Å²) in [6.45, 7) is 2.08. The molecule has 18 heavy (non-hydrogen) atoms. The normalized spacial score (nSPS) is 13.5. The summed E-state index contributed by atoms with van der Waals surface area (Å²) in [5, 5.41) is 9.30. The fraction of sp³-hybridized carbons (Fsp3) is 0.538. The van der Waals surface area contributed by atoms with Crippen molar-refractivity contribution in [2.45, 2.75) is 31.8 Å². The lowest BCUT2D eigenvalue weighted by Gasteiger charge is -2.24. The molecule has 1 aromatic carbocycles. The molecule has 1 N–H and O–H groups in total. The van der Waals surface area contributed by atoms with Crippen LogP contribution in [-0.4, -0.2) is 19.3 Å². The number of aromatic hydroxyl groups is 1. The van der Waals surface area contributed by atoms with Crippen LogP contribution in [0.2, 0.25) is 0 Å². The molecule has 0 fully saturated rings. The SMILES string of the molecule is CCCCC(c1ccc(O)cc1)P(=O)(OC)OC. The number of benzene rings is 1. The molecule has 1 unspecified atom stereocenters. The van der Waals surface area contributed by atoms with Crippen LogP contribution in [0.15, 0.2) is 24.3 Å². The highest BCUT2D eigenvalue weighted by Gasteiger charge is 2.34. The zero-order valence-electron chi connectivity index (χ0n) is 11.1. The molecular formula is C13H21O4P. The zero-order chi connectivity index (χ0) is 13.6. The van der Waals surface area contributed by atoms with E-state index >= 15 is 0 Å². The summed E-state index contributed by atoms with van der Waals surface area (Å²) in [6, 6.07) is 6.70. The van der Waals surface area contributed by atoms with Gasteiger partial charge in [-0.1, -0.05) is 31.9 Å². The summed E-state index contributed by atoms with van der Waals surface area (Å²) < 4.78 is 22.7. The molecule has 0 aliphatic carbocycles. The molecule has 4 nitrogen and oxygen atoms in total. The van der Waals surface area contributed by atoms with Gasteiger partial charge in [0.15, 0.2) is 0 Å². The smallest absolute Gasteiger partial charge is 0.337 e. The highest BCUT2D eigenvalue weighted by Crippen LogP contribution is 2.61. The Hall–Kier alpha value is -0.830. The number of hydrogen-bond acceptors (Lipinski definition) is 4. The van der Waals surface area contributed by atoms with E-state index < -0.39 is 7.60 Å². The van der Waals surface area contributed by atoms with E-state index in [-0.39, 0.29) is 11.4 Å². The van der Waals surface area contributed by atoms with E-state index in [0.29, 0.717) is 0 Å². The highest BCUT2D eigenvalue weighted by atomic mass is 31.2. The average molecular weight is 272 g/mol. The minimum Gasteiger partial charge on any atom is -0.508 e. The third kappa shape index (κ3) is 3.58. The Morgan fingerprint density at radius 1 is 1.22 bits per heavy atom. The van der Waals surface area contributed by atoms with E-state index in [1.165, 1.54) is 14.2 Å². The van der Waals surface area contributed by atoms with Crippen molar-refractivity contribution in [1.82, 2.24) is 0 Å². The van der Waals surface area contributed by atoms with Gasteiger partial charge in [0.25, 0.3) is 0 Å². The summed E-state index contributed by atoms with van der Waals surface area (Å²) >= 11 is 0. The molecule has 1 rings (SSSR count). The van der Waals surface area contributed by atoms with Crippen LogP contribution < -0.4 is 0 Å². The lowest BCUT2D eigenvalue weighted by molar-refractivity contribution is 0.263. The predicted molar refractivity (Wildman–Crippen MR) is 72.0 cm³/mol. The van der Waals surface area contributed by atoms with Crippen LogP contribution in [0.3, 0.4) is 0 Å². The van der Waals surface area contributed by atoms with Gasteiger partial charge < -0.3 is 14.2 Å². The monoisotopic (exact) mass is 272 g/mol. The van der Waals surface area contributed by atoms with Crippen molar-refractivity contribution >= 4 is 7.60 Å². The third-order valence-electron chi connectivity index (χ3n) is 3.00. The first-order chi connectivity index (χ1) is 8.57. The molecule has 0 saturated heterocycles. The molecule has 0 bridgehead atoms. The van der Waals surface area contributed by atoms with E-state index in [9.17, 15) is 9.67 Å². The van der Waals surface area contributed by atoms with Crippen molar-refractivity contribution in [3.05, 3.63) is 29.8 Å². The molecular weight excluding hydrogens is 251 g/mol. The Morgan fingerprint density at radius 2 is 1.78 bits per heavy atom. The maximum absolute atomic E-state index is 12.5. The fourth-order valence-electron chi connectivity index (χ4n) is 1.93. The van der Waals surface area contributed by atoms with Gasteiger partial charge in [-0.3, -0.25) is 4.57 Å². The van der Waals surface area contributed by atoms with Gasteiger partial charge in [-0.15, -0.1) is 0 Å². The lowest BCUT2D eigenvalue weighted by atomic mass is 10.1. The minimum atomic E-state index is -3.14. The van der Waals surface area contributed by atoms with Crippen molar-refractivity contribution in [3.8, 4) is 5.75 Å². The van der Waals surface area contributed by atoms with Crippen LogP contribution in [-0.2, 0) is 13.6 Å². The number of rotatable bonds is 7. The van der Waals surface area contributed by atoms with Gasteiger partial charge in [0.05, 0.1) is 5.66 Å². The molecule has 0 aliphatic rings. The molecule has 0 spiro atoms. The van der Waals surface area contributed by atoms with E-state index in [0.717, 1.165) is 24.8 Å². The van der Waals surface area contributed by atoms with Crippen LogP contribution >= 0.6 is 7.60 Å². The van der Waals surface area contributed by atoms with Gasteiger partial charge in [-0.25, -0.2) is 0 Å². The fourth-order valence-corrected chi connectivity index (χ4v) is 3.62. The largest absolute Gasteiger partial charge is 0.508 e. The molecule has 5 heteroatoms. The summed E-state index contributed by atoms with van der Waals surface area (Å²) in [4.78, 5) is 0. The van der Waals surface area contributed by atoms with Gasteiger partial charge in [-0.2, -0.15) is 0 Å². The van der Waals surface area contributed by atoms with Gasteiger partial charge in [0, 0.05) is 14.2 Å². The molecule has 0 aromatic heterocycles. The number of hydrogen-bond donors (Lipinski definition) is 1. The van der Waals surface area contributed by atoms with Crippen molar-refractivity contribution in [2.75, 3.05) is 14.2 Å². The van der Waals surface area contributed by atoms with Crippen molar-refractivity contribution in [1.29, 1.82) is 0 Å². The van der Waals surface area contributed by atoms with Crippen LogP contribution in [0.1, 0.15) is 37.4 Å². The topological polar surface area (TPSA) is 55.8 Å². The molecule has 0 amide bonds. The van der Waals surface area contributed by atoms with E-state index in [2.05, 4.69) is 6.92 Å². The third-order valence-corrected chi connectivity index (χ3v) is 5.34. The Morgan fingerprint density at radius 3 is 2.22 bits per heavy atom. The first-order valence-corrected chi connectivity index (χ1v) is 7.68. The number of phenolic OH excluding ortho intramolecular Hbond substituents is 1. The maximum atomic E-state index is 12.5. The van der Waals surface area contributed by atoms with Crippen molar-refractivity contribution in [2.24, 2.45) is 0 Å². The highest BCUT2D eigenvalue weighted by molar-refractivity contribution is 7.54. The van der Waals surface area contributed by atoms with Crippen LogP contribution in [0.4, 0.5) is 0 Å². The summed E-state index contributed by atoms with van der Waals surface area (Å²) in [6.07, 6.45) is 2.70. The van der Waals surface area contributed by atoms with Crippen LogP contribution in [0, 0.1) is 0 Å². The Bertz CT molecular complexity index is 394. The van der Waals surface area contributed by atoms with E-state index in [1.54, 1.807) is 24.3 Å². The Kier molecular flexibility index (Phi) is 5.86. The Balaban J connectivity index is 3.04. The summed E-state index contributed by atoms with van der Waals surface area (Å²) in [5.74, 6) is 0.192. The second-order valence-corrected chi connectivity index (χ2v) is 6.59. The number of phenols is 1. The van der Waals surface area contributed by atoms with Gasteiger partial charge in [0.1, 0.15) is 5.75 Å². The van der Waals surface area contributed by atoms with Crippen LogP contribution in [0.5, 0.6) is 5.75 Å². The van der Waals surface area contributed by atoms with Crippen LogP contribution in [0.25, 0.3) is 0 Å². The van der Waals surface area contributed by atoms with Crippen molar-refractivity contribution in [3.63, 3.8) is 0 Å².